The largest absolute Gasteiger partial charge is 0.343 e. The number of nitrogens with zero attached hydrogens (tertiary/aromatic N) is 2. The van der Waals surface area contributed by atoms with Crippen LogP contribution < -0.4 is 5.32 Å². The van der Waals surface area contributed by atoms with E-state index in [1.54, 1.807) is 0 Å². The molecule has 1 aliphatic heterocycles. The third-order valence-electron chi connectivity index (χ3n) is 2.88. The Morgan fingerprint density at radius 3 is 3.24 bits per heavy atom. The molecule has 0 fully saturated rings. The Morgan fingerprint density at radius 1 is 1.41 bits per heavy atom. The summed E-state index contributed by atoms with van der Waals surface area (Å²) in [5.74, 6) is 2.45. The van der Waals surface area contributed by atoms with Gasteiger partial charge in [-0.25, -0.2) is 0 Å². The van der Waals surface area contributed by atoms with Crippen LogP contribution in [0.5, 0.6) is 0 Å². The van der Waals surface area contributed by atoms with Crippen LogP contribution >= 0.6 is 11.8 Å². The van der Waals surface area contributed by atoms with Gasteiger partial charge in [0.2, 0.25) is 6.39 Å². The molecule has 3 rings (SSSR count). The maximum absolute atomic E-state index is 4.69. The van der Waals surface area contributed by atoms with Crippen LogP contribution in [-0.2, 0) is 6.54 Å². The van der Waals surface area contributed by atoms with Gasteiger partial charge < -0.3 is 9.84 Å². The van der Waals surface area contributed by atoms with Gasteiger partial charge in [0, 0.05) is 23.1 Å². The highest BCUT2D eigenvalue weighted by molar-refractivity contribution is 7.99. The van der Waals surface area contributed by atoms with Gasteiger partial charge in [0.25, 0.3) is 0 Å². The van der Waals surface area contributed by atoms with Crippen LogP contribution in [-0.4, -0.2) is 22.4 Å². The molecule has 0 amide bonds. The number of rotatable bonds is 4. The summed E-state index contributed by atoms with van der Waals surface area (Å²) in [5.41, 5.74) is 1.46. The molecule has 0 saturated heterocycles. The van der Waals surface area contributed by atoms with Crippen LogP contribution in [0.1, 0.15) is 17.3 Å². The molecule has 1 aromatic heterocycles. The highest BCUT2D eigenvalue weighted by Crippen LogP contribution is 2.38. The van der Waals surface area contributed by atoms with Gasteiger partial charge in [-0.15, -0.1) is 11.8 Å². The lowest BCUT2D eigenvalue weighted by molar-refractivity contribution is 0.407. The van der Waals surface area contributed by atoms with Crippen molar-refractivity contribution in [3.8, 4) is 0 Å². The normalized spacial score (nSPS) is 18.2. The molecule has 1 aliphatic rings. The molecular weight excluding hydrogens is 234 g/mol. The minimum Gasteiger partial charge on any atom is -0.343 e. The van der Waals surface area contributed by atoms with Crippen molar-refractivity contribution >= 4 is 11.8 Å². The molecule has 1 aromatic carbocycles. The van der Waals surface area contributed by atoms with Crippen molar-refractivity contribution in [2.75, 3.05) is 12.3 Å². The highest BCUT2D eigenvalue weighted by Gasteiger charge is 2.21. The van der Waals surface area contributed by atoms with Gasteiger partial charge in [0.1, 0.15) is 0 Å². The molecule has 0 radical (unpaired) electrons. The number of aromatic nitrogens is 2. The maximum Gasteiger partial charge on any atom is 0.213 e. The van der Waals surface area contributed by atoms with Crippen molar-refractivity contribution in [3.63, 3.8) is 0 Å². The third-order valence-corrected chi connectivity index (χ3v) is 4.13. The zero-order chi connectivity index (χ0) is 11.5. The lowest BCUT2D eigenvalue weighted by Gasteiger charge is -2.10. The summed E-state index contributed by atoms with van der Waals surface area (Å²) in [7, 11) is 0. The van der Waals surface area contributed by atoms with Gasteiger partial charge in [-0.05, 0) is 11.6 Å². The quantitative estimate of drug-likeness (QED) is 0.896. The predicted octanol–water partition coefficient (Wildman–Crippen LogP) is 2.05. The Balaban J connectivity index is 1.57. The number of hydrogen-bond donors (Lipinski definition) is 1. The second-order valence-corrected chi connectivity index (χ2v) is 5.09. The monoisotopic (exact) mass is 247 g/mol. The van der Waals surface area contributed by atoms with Gasteiger partial charge in [0.05, 0.1) is 6.54 Å². The van der Waals surface area contributed by atoms with E-state index < -0.39 is 0 Å². The van der Waals surface area contributed by atoms with Crippen molar-refractivity contribution < 1.29 is 4.52 Å². The molecule has 0 aliphatic carbocycles. The molecular formula is C12H13N3OS. The zero-order valence-electron chi connectivity index (χ0n) is 9.30. The van der Waals surface area contributed by atoms with Crippen LogP contribution in [0.4, 0.5) is 0 Å². The van der Waals surface area contributed by atoms with E-state index in [9.17, 15) is 0 Å². The van der Waals surface area contributed by atoms with Gasteiger partial charge in [-0.3, -0.25) is 0 Å². The minimum atomic E-state index is 0.586. The van der Waals surface area contributed by atoms with Gasteiger partial charge in [-0.2, -0.15) is 4.98 Å². The van der Waals surface area contributed by atoms with Crippen molar-refractivity contribution in [1.29, 1.82) is 0 Å². The van der Waals surface area contributed by atoms with Crippen LogP contribution in [0.2, 0.25) is 0 Å². The fraction of sp³-hybridized carbons (Fsp3) is 0.333. The Kier molecular flexibility index (Phi) is 3.11. The van der Waals surface area contributed by atoms with E-state index in [-0.39, 0.29) is 0 Å². The van der Waals surface area contributed by atoms with Gasteiger partial charge in [0.15, 0.2) is 5.82 Å². The number of hydrogen-bond acceptors (Lipinski definition) is 5. The first kappa shape index (κ1) is 10.8. The molecule has 0 saturated carbocycles. The van der Waals surface area contributed by atoms with E-state index in [4.69, 9.17) is 0 Å². The molecule has 0 bridgehead atoms. The molecule has 1 N–H and O–H groups in total. The van der Waals surface area contributed by atoms with E-state index in [0.717, 1.165) is 12.3 Å². The topological polar surface area (TPSA) is 51.0 Å². The molecule has 1 unspecified atom stereocenters. The molecule has 4 nitrogen and oxygen atoms in total. The van der Waals surface area contributed by atoms with Crippen LogP contribution in [0.25, 0.3) is 0 Å². The van der Waals surface area contributed by atoms with E-state index in [0.29, 0.717) is 18.3 Å². The SMILES string of the molecule is c1ccc2c(c1)SCC2CNCc1ncon1. The van der Waals surface area contributed by atoms with E-state index >= 15 is 0 Å². The van der Waals surface area contributed by atoms with E-state index in [1.807, 2.05) is 11.8 Å². The lowest BCUT2D eigenvalue weighted by Crippen LogP contribution is -2.21. The number of fused-ring (bicyclic) bond motifs is 1. The number of thioether (sulfide) groups is 1. The molecule has 88 valence electrons. The zero-order valence-corrected chi connectivity index (χ0v) is 10.1. The van der Waals surface area contributed by atoms with Crippen molar-refractivity contribution in [1.82, 2.24) is 15.5 Å². The second kappa shape index (κ2) is 4.89. The van der Waals surface area contributed by atoms with Crippen LogP contribution in [0, 0.1) is 0 Å². The summed E-state index contributed by atoms with van der Waals surface area (Å²) >= 11 is 1.93. The van der Waals surface area contributed by atoms with Gasteiger partial charge in [-0.1, -0.05) is 23.4 Å². The van der Waals surface area contributed by atoms with E-state index in [1.165, 1.54) is 16.9 Å². The summed E-state index contributed by atoms with van der Waals surface area (Å²) in [6.45, 7) is 1.62. The smallest absolute Gasteiger partial charge is 0.213 e. The lowest BCUT2D eigenvalue weighted by atomic mass is 10.0. The number of benzene rings is 1. The predicted molar refractivity (Wildman–Crippen MR) is 65.9 cm³/mol. The Labute approximate surface area is 104 Å². The summed E-state index contributed by atoms with van der Waals surface area (Å²) < 4.78 is 4.69. The van der Waals surface area contributed by atoms with Crippen molar-refractivity contribution in [3.05, 3.63) is 42.0 Å². The fourth-order valence-corrected chi connectivity index (χ4v) is 3.28. The van der Waals surface area contributed by atoms with E-state index in [2.05, 4.69) is 44.2 Å². The molecule has 2 aromatic rings. The fourth-order valence-electron chi connectivity index (χ4n) is 2.03. The van der Waals surface area contributed by atoms with Gasteiger partial charge >= 0.3 is 0 Å². The summed E-state index contributed by atoms with van der Waals surface area (Å²) in [6.07, 6.45) is 1.36. The first-order valence-corrected chi connectivity index (χ1v) is 6.60. The van der Waals surface area contributed by atoms with Crippen molar-refractivity contribution in [2.45, 2.75) is 17.4 Å². The molecule has 17 heavy (non-hydrogen) atoms. The average Bonchev–Trinajstić information content (AvgIpc) is 2.99. The van der Waals surface area contributed by atoms with Crippen LogP contribution in [0.3, 0.4) is 0 Å². The second-order valence-electron chi connectivity index (χ2n) is 4.02. The Hall–Kier alpha value is -1.33. The molecule has 1 atom stereocenters. The Bertz CT molecular complexity index is 486. The highest BCUT2D eigenvalue weighted by atomic mass is 32.2. The molecule has 0 spiro atoms. The third kappa shape index (κ3) is 2.35. The van der Waals surface area contributed by atoms with Crippen molar-refractivity contribution in [2.24, 2.45) is 0 Å². The molecule has 2 heterocycles. The standard InChI is InChI=1S/C12H13N3OS/c1-2-4-11-10(3-1)9(7-17-11)5-13-6-12-14-8-16-15-12/h1-4,8-9,13H,5-7H2. The number of nitrogens with one attached hydrogen (secondary N) is 1. The first-order chi connectivity index (χ1) is 8.43. The first-order valence-electron chi connectivity index (χ1n) is 5.61. The summed E-state index contributed by atoms with van der Waals surface area (Å²) in [6, 6.07) is 8.62. The Morgan fingerprint density at radius 2 is 2.35 bits per heavy atom. The average molecular weight is 247 g/mol. The summed E-state index contributed by atoms with van der Waals surface area (Å²) in [4.78, 5) is 5.39. The minimum absolute atomic E-state index is 0.586. The molecule has 5 heteroatoms. The maximum atomic E-state index is 4.69. The van der Waals surface area contributed by atoms with Crippen LogP contribution in [0.15, 0.2) is 40.1 Å². The summed E-state index contributed by atoms with van der Waals surface area (Å²) in [5, 5.41) is 7.14.